The van der Waals surface area contributed by atoms with Crippen LogP contribution in [0.15, 0.2) is 4.99 Å². The number of hydrogen-bond acceptors (Lipinski definition) is 3. The lowest BCUT2D eigenvalue weighted by atomic mass is 10.3. The minimum absolute atomic E-state index is 0.110. The van der Waals surface area contributed by atoms with Gasteiger partial charge in [-0.3, -0.25) is 4.99 Å². The van der Waals surface area contributed by atoms with E-state index in [0.29, 0.717) is 13.1 Å². The van der Waals surface area contributed by atoms with Crippen LogP contribution in [0, 0.1) is 0 Å². The molecule has 0 saturated heterocycles. The molecule has 56 valence electrons. The smallest absolute Gasteiger partial charge is 0.414 e. The highest BCUT2D eigenvalue weighted by Crippen LogP contribution is 1.98. The Labute approximate surface area is 58.1 Å². The average Bonchev–Trinajstić information content (AvgIpc) is 1.88. The molecule has 0 aliphatic carbocycles. The Hall–Kier alpha value is -1.26. The molecule has 5 heteroatoms. The number of aliphatic imine (C=N–C) groups is 1. The number of amides is 1. The van der Waals surface area contributed by atoms with Gasteiger partial charge in [-0.2, -0.15) is 0 Å². The summed E-state index contributed by atoms with van der Waals surface area (Å²) in [7, 11) is 0. The lowest BCUT2D eigenvalue weighted by molar-refractivity contribution is 0.167. The molecule has 0 atom stereocenters. The van der Waals surface area contributed by atoms with Crippen molar-refractivity contribution in [3.8, 4) is 0 Å². The SMILES string of the molecule is NC1=NCCCN1C(=O)O. The van der Waals surface area contributed by atoms with Gasteiger partial charge >= 0.3 is 6.09 Å². The summed E-state index contributed by atoms with van der Waals surface area (Å²) in [5.74, 6) is 0.110. The van der Waals surface area contributed by atoms with Gasteiger partial charge in [0.2, 0.25) is 5.96 Å². The predicted molar refractivity (Wildman–Crippen MR) is 35.8 cm³/mol. The number of hydrogen-bond donors (Lipinski definition) is 2. The van der Waals surface area contributed by atoms with E-state index in [-0.39, 0.29) is 5.96 Å². The second-order valence-corrected chi connectivity index (χ2v) is 2.03. The molecule has 0 aromatic carbocycles. The number of nitrogens with two attached hydrogens (primary N) is 1. The van der Waals surface area contributed by atoms with Crippen molar-refractivity contribution >= 4 is 12.1 Å². The molecule has 5 nitrogen and oxygen atoms in total. The Bertz CT molecular complexity index is 178. The van der Waals surface area contributed by atoms with Crippen LogP contribution < -0.4 is 5.73 Å². The van der Waals surface area contributed by atoms with E-state index in [4.69, 9.17) is 10.8 Å². The molecule has 0 fully saturated rings. The summed E-state index contributed by atoms with van der Waals surface area (Å²) in [6.45, 7) is 1.10. The van der Waals surface area contributed by atoms with Crippen molar-refractivity contribution < 1.29 is 9.90 Å². The lowest BCUT2D eigenvalue weighted by Crippen LogP contribution is -2.44. The van der Waals surface area contributed by atoms with Gasteiger partial charge in [0.1, 0.15) is 0 Å². The number of carboxylic acid groups (broad SMARTS) is 1. The van der Waals surface area contributed by atoms with Gasteiger partial charge in [-0.25, -0.2) is 9.69 Å². The van der Waals surface area contributed by atoms with Crippen LogP contribution in [0.2, 0.25) is 0 Å². The highest BCUT2D eigenvalue weighted by molar-refractivity contribution is 5.92. The largest absolute Gasteiger partial charge is 0.465 e. The molecule has 0 aromatic heterocycles. The molecule has 1 amide bonds. The molecule has 0 radical (unpaired) electrons. The van der Waals surface area contributed by atoms with E-state index in [1.807, 2.05) is 0 Å². The van der Waals surface area contributed by atoms with Crippen LogP contribution in [0.1, 0.15) is 6.42 Å². The molecule has 0 aromatic rings. The van der Waals surface area contributed by atoms with Gasteiger partial charge in [-0.05, 0) is 6.42 Å². The van der Waals surface area contributed by atoms with Gasteiger partial charge in [-0.15, -0.1) is 0 Å². The molecular weight excluding hydrogens is 134 g/mol. The Balaban J connectivity index is 2.67. The maximum Gasteiger partial charge on any atom is 0.414 e. The van der Waals surface area contributed by atoms with Crippen LogP contribution in [-0.4, -0.2) is 35.1 Å². The quantitative estimate of drug-likeness (QED) is 0.488. The predicted octanol–water partition coefficient (Wildman–Crippen LogP) is -0.315. The van der Waals surface area contributed by atoms with Crippen molar-refractivity contribution in [2.75, 3.05) is 13.1 Å². The average molecular weight is 143 g/mol. The zero-order valence-corrected chi connectivity index (χ0v) is 5.45. The fourth-order valence-electron chi connectivity index (χ4n) is 0.816. The van der Waals surface area contributed by atoms with E-state index in [1.165, 1.54) is 0 Å². The van der Waals surface area contributed by atoms with E-state index in [0.717, 1.165) is 11.3 Å². The molecule has 3 N–H and O–H groups in total. The molecule has 0 bridgehead atoms. The van der Waals surface area contributed by atoms with Crippen LogP contribution in [0.4, 0.5) is 4.79 Å². The van der Waals surface area contributed by atoms with Crippen LogP contribution in [0.3, 0.4) is 0 Å². The van der Waals surface area contributed by atoms with Gasteiger partial charge < -0.3 is 10.8 Å². The molecule has 1 rings (SSSR count). The molecule has 1 heterocycles. The Kier molecular flexibility index (Phi) is 1.75. The van der Waals surface area contributed by atoms with Crippen molar-refractivity contribution in [1.82, 2.24) is 4.90 Å². The van der Waals surface area contributed by atoms with Gasteiger partial charge in [-0.1, -0.05) is 0 Å². The first-order valence-electron chi connectivity index (χ1n) is 3.02. The topological polar surface area (TPSA) is 78.9 Å². The molecular formula is C5H9N3O2. The first-order chi connectivity index (χ1) is 4.72. The first kappa shape index (κ1) is 6.85. The van der Waals surface area contributed by atoms with E-state index in [9.17, 15) is 4.79 Å². The van der Waals surface area contributed by atoms with Crippen LogP contribution in [0.5, 0.6) is 0 Å². The Morgan fingerprint density at radius 3 is 2.90 bits per heavy atom. The number of nitrogens with zero attached hydrogens (tertiary/aromatic N) is 2. The van der Waals surface area contributed by atoms with E-state index >= 15 is 0 Å². The monoisotopic (exact) mass is 143 g/mol. The molecule has 0 spiro atoms. The second kappa shape index (κ2) is 2.55. The summed E-state index contributed by atoms with van der Waals surface area (Å²) in [4.78, 5) is 15.1. The fraction of sp³-hybridized carbons (Fsp3) is 0.600. The van der Waals surface area contributed by atoms with Gasteiger partial charge in [0.15, 0.2) is 0 Å². The van der Waals surface area contributed by atoms with E-state index < -0.39 is 6.09 Å². The van der Waals surface area contributed by atoms with Crippen LogP contribution >= 0.6 is 0 Å². The van der Waals surface area contributed by atoms with Crippen molar-refractivity contribution in [2.24, 2.45) is 10.7 Å². The van der Waals surface area contributed by atoms with Gasteiger partial charge in [0, 0.05) is 13.1 Å². The number of rotatable bonds is 0. The van der Waals surface area contributed by atoms with Crippen molar-refractivity contribution in [2.45, 2.75) is 6.42 Å². The third kappa shape index (κ3) is 1.18. The summed E-state index contributed by atoms with van der Waals surface area (Å²) in [6.07, 6.45) is -0.270. The normalized spacial score (nSPS) is 18.4. The molecule has 0 unspecified atom stereocenters. The number of guanidine groups is 1. The maximum absolute atomic E-state index is 10.3. The Morgan fingerprint density at radius 1 is 1.80 bits per heavy atom. The Morgan fingerprint density at radius 2 is 2.50 bits per heavy atom. The minimum atomic E-state index is -1.03. The van der Waals surface area contributed by atoms with E-state index in [1.54, 1.807) is 0 Å². The molecule has 10 heavy (non-hydrogen) atoms. The zero-order chi connectivity index (χ0) is 7.56. The summed E-state index contributed by atoms with van der Waals surface area (Å²) in [6, 6.07) is 0. The van der Waals surface area contributed by atoms with Crippen molar-refractivity contribution in [1.29, 1.82) is 0 Å². The van der Waals surface area contributed by atoms with Crippen LogP contribution in [-0.2, 0) is 0 Å². The highest BCUT2D eigenvalue weighted by atomic mass is 16.4. The van der Waals surface area contributed by atoms with E-state index in [2.05, 4.69) is 4.99 Å². The molecule has 1 aliphatic rings. The van der Waals surface area contributed by atoms with Gasteiger partial charge in [0.25, 0.3) is 0 Å². The second-order valence-electron chi connectivity index (χ2n) is 2.03. The standard InChI is InChI=1S/C5H9N3O2/c6-4-7-2-1-3-8(4)5(9)10/h1-3H2,(H2,6,7)(H,9,10). The fourth-order valence-corrected chi connectivity index (χ4v) is 0.816. The molecule has 0 saturated carbocycles. The van der Waals surface area contributed by atoms with Crippen LogP contribution in [0.25, 0.3) is 0 Å². The summed E-state index contributed by atoms with van der Waals surface area (Å²) < 4.78 is 0. The lowest BCUT2D eigenvalue weighted by Gasteiger charge is -2.20. The summed E-state index contributed by atoms with van der Waals surface area (Å²) in [5, 5.41) is 8.47. The summed E-state index contributed by atoms with van der Waals surface area (Å²) >= 11 is 0. The number of carbonyl (C=O) groups is 1. The van der Waals surface area contributed by atoms with Gasteiger partial charge in [0.05, 0.1) is 0 Å². The van der Waals surface area contributed by atoms with Crippen molar-refractivity contribution in [3.05, 3.63) is 0 Å². The third-order valence-electron chi connectivity index (χ3n) is 1.32. The maximum atomic E-state index is 10.3. The van der Waals surface area contributed by atoms with Crippen molar-refractivity contribution in [3.63, 3.8) is 0 Å². The highest BCUT2D eigenvalue weighted by Gasteiger charge is 2.17. The summed E-state index contributed by atoms with van der Waals surface area (Å²) in [5.41, 5.74) is 5.28. The third-order valence-corrected chi connectivity index (χ3v) is 1.32. The first-order valence-corrected chi connectivity index (χ1v) is 3.02. The minimum Gasteiger partial charge on any atom is -0.465 e. The molecule has 1 aliphatic heterocycles. The zero-order valence-electron chi connectivity index (χ0n) is 5.45.